The van der Waals surface area contributed by atoms with Crippen molar-refractivity contribution in [1.82, 2.24) is 25.1 Å². The molecule has 4 rings (SSSR count). The quantitative estimate of drug-likeness (QED) is 0.345. The topological polar surface area (TPSA) is 99.9 Å². The summed E-state index contributed by atoms with van der Waals surface area (Å²) >= 11 is 11.8. The largest absolute Gasteiger partial charge is 0.497 e. The summed E-state index contributed by atoms with van der Waals surface area (Å²) < 4.78 is 31.0. The van der Waals surface area contributed by atoms with Crippen molar-refractivity contribution in [2.75, 3.05) is 26.9 Å². The monoisotopic (exact) mass is 505 g/mol. The summed E-state index contributed by atoms with van der Waals surface area (Å²) in [4.78, 5) is 12.0. The molecule has 0 aliphatic heterocycles. The van der Waals surface area contributed by atoms with E-state index >= 15 is 0 Å². The lowest BCUT2D eigenvalue weighted by atomic mass is 10.2. The molecule has 2 aromatic carbocycles. The smallest absolute Gasteiger partial charge is 0.258 e. The molecule has 0 aliphatic rings. The van der Waals surface area contributed by atoms with Crippen LogP contribution in [0.2, 0.25) is 10.0 Å². The molecule has 9 nitrogen and oxygen atoms in total. The van der Waals surface area contributed by atoms with Gasteiger partial charge in [0.2, 0.25) is 5.88 Å². The summed E-state index contributed by atoms with van der Waals surface area (Å²) in [5.41, 5.74) is 1.33. The van der Waals surface area contributed by atoms with E-state index in [0.29, 0.717) is 23.1 Å². The second kappa shape index (κ2) is 10.5. The number of ether oxygens (including phenoxy) is 3. The van der Waals surface area contributed by atoms with Gasteiger partial charge in [-0.1, -0.05) is 35.3 Å². The minimum atomic E-state index is -0.599. The zero-order valence-electron chi connectivity index (χ0n) is 17.8. The highest BCUT2D eigenvalue weighted by Crippen LogP contribution is 2.33. The van der Waals surface area contributed by atoms with E-state index in [1.54, 1.807) is 23.8 Å². The first-order valence-corrected chi connectivity index (χ1v) is 10.7. The average Bonchev–Trinajstić information content (AvgIpc) is 3.24. The molecule has 0 radical (unpaired) electrons. The summed E-state index contributed by atoms with van der Waals surface area (Å²) in [5, 5.41) is 15.3. The fourth-order valence-electron chi connectivity index (χ4n) is 2.99. The Bertz CT molecular complexity index is 1310. The van der Waals surface area contributed by atoms with Gasteiger partial charge in [-0.3, -0.25) is 4.79 Å². The Kier molecular flexibility index (Phi) is 7.29. The van der Waals surface area contributed by atoms with E-state index in [-0.39, 0.29) is 35.6 Å². The van der Waals surface area contributed by atoms with Crippen molar-refractivity contribution in [3.05, 3.63) is 64.4 Å². The van der Waals surface area contributed by atoms with Crippen molar-refractivity contribution < 1.29 is 23.4 Å². The van der Waals surface area contributed by atoms with Crippen molar-refractivity contribution in [2.24, 2.45) is 0 Å². The Morgan fingerprint density at radius 2 is 1.88 bits per heavy atom. The minimum absolute atomic E-state index is 0.0232. The van der Waals surface area contributed by atoms with Crippen LogP contribution in [0.5, 0.6) is 17.4 Å². The van der Waals surface area contributed by atoms with Crippen LogP contribution in [0.3, 0.4) is 0 Å². The van der Waals surface area contributed by atoms with Crippen LogP contribution in [0.25, 0.3) is 17.0 Å². The number of nitrogens with one attached hydrogen (secondary N) is 1. The van der Waals surface area contributed by atoms with E-state index < -0.39 is 11.7 Å². The van der Waals surface area contributed by atoms with Crippen LogP contribution in [0, 0.1) is 5.82 Å². The molecule has 2 aromatic heterocycles. The number of aromatic nitrogens is 4. The second-order valence-corrected chi connectivity index (χ2v) is 7.70. The Labute approximate surface area is 203 Å². The van der Waals surface area contributed by atoms with Gasteiger partial charge in [0.25, 0.3) is 5.91 Å². The Balaban J connectivity index is 1.31. The number of rotatable bonds is 9. The van der Waals surface area contributed by atoms with E-state index in [0.717, 1.165) is 17.7 Å². The molecule has 176 valence electrons. The number of benzene rings is 2. The van der Waals surface area contributed by atoms with Crippen molar-refractivity contribution in [1.29, 1.82) is 0 Å². The van der Waals surface area contributed by atoms with Gasteiger partial charge in [0.05, 0.1) is 23.7 Å². The summed E-state index contributed by atoms with van der Waals surface area (Å²) in [5.74, 6) is 0.551. The number of amides is 1. The highest BCUT2D eigenvalue weighted by atomic mass is 35.5. The first kappa shape index (κ1) is 23.5. The third kappa shape index (κ3) is 5.46. The molecular formula is C22H18Cl2FN5O4. The van der Waals surface area contributed by atoms with Crippen molar-refractivity contribution in [2.45, 2.75) is 0 Å². The van der Waals surface area contributed by atoms with Gasteiger partial charge in [-0.2, -0.15) is 4.52 Å². The van der Waals surface area contributed by atoms with Crippen molar-refractivity contribution >= 4 is 34.8 Å². The standard InChI is InChI=1S/C22H18Cl2FN5O4/c1-32-15-4-2-3-13(9-15)22-28-27-18-5-6-20(29-30(18)22)33-8-7-26-19(31)12-34-21-16(23)10-14(25)11-17(21)24/h2-6,9-11H,7-8,12H2,1H3,(H,26,31). The number of halogens is 3. The normalized spacial score (nSPS) is 10.8. The predicted molar refractivity (Wildman–Crippen MR) is 123 cm³/mol. The van der Waals surface area contributed by atoms with Gasteiger partial charge in [-0.25, -0.2) is 4.39 Å². The van der Waals surface area contributed by atoms with Crippen LogP contribution in [-0.4, -0.2) is 52.6 Å². The van der Waals surface area contributed by atoms with Crippen molar-refractivity contribution in [3.63, 3.8) is 0 Å². The minimum Gasteiger partial charge on any atom is -0.497 e. The first-order valence-electron chi connectivity index (χ1n) is 9.98. The Hall–Kier alpha value is -3.63. The zero-order chi connectivity index (χ0) is 24.1. The fraction of sp³-hybridized carbons (Fsp3) is 0.182. The van der Waals surface area contributed by atoms with E-state index in [1.807, 2.05) is 24.3 Å². The zero-order valence-corrected chi connectivity index (χ0v) is 19.3. The van der Waals surface area contributed by atoms with E-state index in [4.69, 9.17) is 37.4 Å². The highest BCUT2D eigenvalue weighted by Gasteiger charge is 2.13. The maximum atomic E-state index is 13.2. The van der Waals surface area contributed by atoms with E-state index in [9.17, 15) is 9.18 Å². The third-order valence-electron chi connectivity index (χ3n) is 4.55. The number of hydrogen-bond donors (Lipinski definition) is 1. The van der Waals surface area contributed by atoms with Crippen LogP contribution in [0.4, 0.5) is 4.39 Å². The molecule has 0 bridgehead atoms. The molecule has 1 amide bonds. The lowest BCUT2D eigenvalue weighted by Gasteiger charge is -2.11. The predicted octanol–water partition coefficient (Wildman–Crippen LogP) is 3.82. The van der Waals surface area contributed by atoms with Gasteiger partial charge in [-0.15, -0.1) is 15.3 Å². The molecule has 1 N–H and O–H groups in total. The number of carbonyl (C=O) groups is 1. The Morgan fingerprint density at radius 3 is 2.65 bits per heavy atom. The molecule has 4 aromatic rings. The third-order valence-corrected chi connectivity index (χ3v) is 5.11. The summed E-state index contributed by atoms with van der Waals surface area (Å²) in [6.07, 6.45) is 0. The maximum Gasteiger partial charge on any atom is 0.258 e. The average molecular weight is 506 g/mol. The summed E-state index contributed by atoms with van der Waals surface area (Å²) in [6, 6.07) is 12.9. The van der Waals surface area contributed by atoms with Gasteiger partial charge < -0.3 is 19.5 Å². The number of carbonyl (C=O) groups excluding carboxylic acids is 1. The lowest BCUT2D eigenvalue weighted by Crippen LogP contribution is -2.32. The van der Waals surface area contributed by atoms with Gasteiger partial charge in [0, 0.05) is 11.6 Å². The fourth-order valence-corrected chi connectivity index (χ4v) is 3.56. The summed E-state index contributed by atoms with van der Waals surface area (Å²) in [7, 11) is 1.59. The number of fused-ring (bicyclic) bond motifs is 1. The van der Waals surface area contributed by atoms with Gasteiger partial charge in [0.15, 0.2) is 23.8 Å². The van der Waals surface area contributed by atoms with E-state index in [1.165, 1.54) is 0 Å². The lowest BCUT2D eigenvalue weighted by molar-refractivity contribution is -0.123. The Morgan fingerprint density at radius 1 is 1.09 bits per heavy atom. The summed E-state index contributed by atoms with van der Waals surface area (Å²) in [6.45, 7) is -0.00345. The SMILES string of the molecule is COc1cccc(-c2nnc3ccc(OCCNC(=O)COc4c(Cl)cc(F)cc4Cl)nn23)c1. The molecule has 0 aliphatic carbocycles. The molecule has 0 fully saturated rings. The molecule has 0 saturated carbocycles. The van der Waals surface area contributed by atoms with Gasteiger partial charge in [0.1, 0.15) is 18.2 Å². The van der Waals surface area contributed by atoms with E-state index in [2.05, 4.69) is 20.6 Å². The molecule has 12 heteroatoms. The molecule has 0 atom stereocenters. The molecule has 0 unspecified atom stereocenters. The van der Waals surface area contributed by atoms with Gasteiger partial charge >= 0.3 is 0 Å². The van der Waals surface area contributed by atoms with Crippen LogP contribution >= 0.6 is 23.2 Å². The van der Waals surface area contributed by atoms with Gasteiger partial charge in [-0.05, 0) is 30.3 Å². The highest BCUT2D eigenvalue weighted by molar-refractivity contribution is 6.37. The maximum absolute atomic E-state index is 13.2. The first-order chi connectivity index (χ1) is 16.4. The molecule has 2 heterocycles. The molecule has 34 heavy (non-hydrogen) atoms. The van der Waals surface area contributed by atoms with Crippen molar-refractivity contribution in [3.8, 4) is 28.8 Å². The van der Waals surface area contributed by atoms with Crippen LogP contribution in [0.1, 0.15) is 0 Å². The van der Waals surface area contributed by atoms with Crippen LogP contribution in [0.15, 0.2) is 48.5 Å². The van der Waals surface area contributed by atoms with Crippen LogP contribution < -0.4 is 19.5 Å². The molecule has 0 saturated heterocycles. The second-order valence-electron chi connectivity index (χ2n) is 6.88. The molecular weight excluding hydrogens is 488 g/mol. The number of nitrogens with zero attached hydrogens (tertiary/aromatic N) is 4. The molecule has 0 spiro atoms. The number of methoxy groups -OCH3 is 1. The number of hydrogen-bond acceptors (Lipinski definition) is 7. The van der Waals surface area contributed by atoms with Crippen LogP contribution in [-0.2, 0) is 4.79 Å².